The smallest absolute Gasteiger partial charge is 0.324 e. The lowest BCUT2D eigenvalue weighted by atomic mass is 10.1. The van der Waals surface area contributed by atoms with Crippen molar-refractivity contribution in [2.45, 2.75) is 19.9 Å². The SMILES string of the molecule is CCN(C(C)=O)C(=O)NC([C]=O)c1ccc(O)cc1. The molecule has 2 N–H and O–H groups in total. The van der Waals surface area contributed by atoms with Gasteiger partial charge in [0.05, 0.1) is 0 Å². The summed E-state index contributed by atoms with van der Waals surface area (Å²) in [7, 11) is 0. The third-order valence-electron chi connectivity index (χ3n) is 2.55. The van der Waals surface area contributed by atoms with Gasteiger partial charge in [0.25, 0.3) is 0 Å². The molecular formula is C13H15N2O4. The maximum atomic E-state index is 11.8. The van der Waals surface area contributed by atoms with Crippen molar-refractivity contribution in [3.63, 3.8) is 0 Å². The Balaban J connectivity index is 2.82. The van der Waals surface area contributed by atoms with Crippen molar-refractivity contribution in [2.24, 2.45) is 0 Å². The highest BCUT2D eigenvalue weighted by atomic mass is 16.3. The van der Waals surface area contributed by atoms with Crippen LogP contribution in [0.5, 0.6) is 5.75 Å². The predicted octanol–water partition coefficient (Wildman–Crippen LogP) is 1.12. The second kappa shape index (κ2) is 6.53. The molecule has 1 aromatic rings. The zero-order valence-electron chi connectivity index (χ0n) is 10.7. The zero-order valence-corrected chi connectivity index (χ0v) is 10.7. The molecule has 0 saturated heterocycles. The summed E-state index contributed by atoms with van der Waals surface area (Å²) in [6, 6.07) is 4.14. The van der Waals surface area contributed by atoms with Crippen LogP contribution in [0.3, 0.4) is 0 Å². The van der Waals surface area contributed by atoms with Crippen LogP contribution < -0.4 is 5.32 Å². The average Bonchev–Trinajstić information content (AvgIpc) is 2.37. The van der Waals surface area contributed by atoms with Crippen molar-refractivity contribution >= 4 is 18.2 Å². The number of carbonyl (C=O) groups is 2. The molecule has 0 aliphatic rings. The van der Waals surface area contributed by atoms with Gasteiger partial charge in [0.1, 0.15) is 11.8 Å². The molecule has 0 heterocycles. The maximum Gasteiger partial charge on any atom is 0.324 e. The van der Waals surface area contributed by atoms with Gasteiger partial charge in [-0.1, -0.05) is 12.1 Å². The summed E-state index contributed by atoms with van der Waals surface area (Å²) in [5.41, 5.74) is 0.473. The van der Waals surface area contributed by atoms with Crippen LogP contribution in [0.25, 0.3) is 0 Å². The predicted molar refractivity (Wildman–Crippen MR) is 68.1 cm³/mol. The van der Waals surface area contributed by atoms with E-state index in [0.717, 1.165) is 4.90 Å². The Kier molecular flexibility index (Phi) is 5.05. The Morgan fingerprint density at radius 2 is 1.95 bits per heavy atom. The number of nitrogens with one attached hydrogen (secondary N) is 1. The molecule has 19 heavy (non-hydrogen) atoms. The number of amides is 3. The van der Waals surface area contributed by atoms with E-state index in [1.807, 2.05) is 0 Å². The largest absolute Gasteiger partial charge is 0.508 e. The van der Waals surface area contributed by atoms with Gasteiger partial charge in [-0.15, -0.1) is 0 Å². The lowest BCUT2D eigenvalue weighted by Crippen LogP contribution is -2.44. The minimum absolute atomic E-state index is 0.0543. The first kappa shape index (κ1) is 14.7. The number of urea groups is 1. The third kappa shape index (κ3) is 3.80. The Morgan fingerprint density at radius 1 is 1.37 bits per heavy atom. The van der Waals surface area contributed by atoms with Crippen LogP contribution in [-0.4, -0.2) is 34.8 Å². The molecule has 1 radical (unpaired) electrons. The number of rotatable bonds is 4. The van der Waals surface area contributed by atoms with E-state index in [0.29, 0.717) is 5.56 Å². The standard InChI is InChI=1S/C13H15N2O4/c1-3-15(9(2)17)13(19)14-12(8-16)10-4-6-11(18)7-5-10/h4-7,12,18H,3H2,1-2H3,(H,14,19). The summed E-state index contributed by atoms with van der Waals surface area (Å²) < 4.78 is 0. The second-order valence-electron chi connectivity index (χ2n) is 3.86. The van der Waals surface area contributed by atoms with E-state index in [1.165, 1.54) is 31.2 Å². The number of hydrogen-bond donors (Lipinski definition) is 2. The molecule has 0 aromatic heterocycles. The molecule has 101 valence electrons. The van der Waals surface area contributed by atoms with Gasteiger partial charge in [0.2, 0.25) is 12.2 Å². The van der Waals surface area contributed by atoms with Crippen LogP contribution in [0.2, 0.25) is 0 Å². The number of carbonyl (C=O) groups excluding carboxylic acids is 3. The normalized spacial score (nSPS) is 11.5. The number of benzene rings is 1. The second-order valence-corrected chi connectivity index (χ2v) is 3.86. The summed E-state index contributed by atoms with van der Waals surface area (Å²) in [6.45, 7) is 3.13. The quantitative estimate of drug-likeness (QED) is 0.852. The molecular weight excluding hydrogens is 248 g/mol. The molecule has 0 bridgehead atoms. The molecule has 1 rings (SSSR count). The van der Waals surface area contributed by atoms with Gasteiger partial charge in [0, 0.05) is 13.5 Å². The molecule has 0 aliphatic carbocycles. The third-order valence-corrected chi connectivity index (χ3v) is 2.55. The van der Waals surface area contributed by atoms with Crippen molar-refractivity contribution in [1.29, 1.82) is 0 Å². The van der Waals surface area contributed by atoms with E-state index >= 15 is 0 Å². The molecule has 1 aromatic carbocycles. The number of phenols is 1. The van der Waals surface area contributed by atoms with Crippen molar-refractivity contribution in [3.8, 4) is 5.75 Å². The summed E-state index contributed by atoms with van der Waals surface area (Å²) >= 11 is 0. The Morgan fingerprint density at radius 3 is 2.37 bits per heavy atom. The minimum atomic E-state index is -0.985. The Hall–Kier alpha value is -2.37. The van der Waals surface area contributed by atoms with Crippen molar-refractivity contribution in [3.05, 3.63) is 29.8 Å². The van der Waals surface area contributed by atoms with Crippen LogP contribution in [0.1, 0.15) is 25.5 Å². The molecule has 3 amide bonds. The first-order chi connectivity index (χ1) is 8.99. The zero-order chi connectivity index (χ0) is 14.4. The molecule has 0 spiro atoms. The highest BCUT2D eigenvalue weighted by molar-refractivity contribution is 5.94. The Labute approximate surface area is 111 Å². The van der Waals surface area contributed by atoms with Crippen LogP contribution in [0.4, 0.5) is 4.79 Å². The van der Waals surface area contributed by atoms with Crippen LogP contribution >= 0.6 is 0 Å². The lowest BCUT2D eigenvalue weighted by Gasteiger charge is -2.20. The average molecular weight is 263 g/mol. The number of aromatic hydroxyl groups is 1. The molecule has 0 fully saturated rings. The van der Waals surface area contributed by atoms with Gasteiger partial charge in [0.15, 0.2) is 0 Å². The monoisotopic (exact) mass is 263 g/mol. The number of hydrogen-bond acceptors (Lipinski definition) is 4. The summed E-state index contributed by atoms with van der Waals surface area (Å²) in [5.74, 6) is -0.353. The fraction of sp³-hybridized carbons (Fsp3) is 0.308. The van der Waals surface area contributed by atoms with Crippen molar-refractivity contribution in [2.75, 3.05) is 6.54 Å². The first-order valence-corrected chi connectivity index (χ1v) is 5.74. The van der Waals surface area contributed by atoms with E-state index < -0.39 is 18.0 Å². The molecule has 0 aliphatic heterocycles. The number of phenolic OH excluding ortho intramolecular Hbond substituents is 1. The Bertz CT molecular complexity index is 470. The van der Waals surface area contributed by atoms with Gasteiger partial charge in [-0.25, -0.2) is 4.79 Å². The number of nitrogens with zero attached hydrogens (tertiary/aromatic N) is 1. The van der Waals surface area contributed by atoms with Crippen LogP contribution in [0, 0.1) is 0 Å². The number of imide groups is 1. The molecule has 1 unspecified atom stereocenters. The summed E-state index contributed by atoms with van der Waals surface area (Å²) in [4.78, 5) is 34.9. The van der Waals surface area contributed by atoms with Crippen LogP contribution in [-0.2, 0) is 9.59 Å². The van der Waals surface area contributed by atoms with Gasteiger partial charge in [-0.3, -0.25) is 14.5 Å². The molecule has 6 nitrogen and oxygen atoms in total. The fourth-order valence-electron chi connectivity index (χ4n) is 1.56. The summed E-state index contributed by atoms with van der Waals surface area (Å²) in [5, 5.41) is 11.5. The minimum Gasteiger partial charge on any atom is -0.508 e. The topological polar surface area (TPSA) is 86.7 Å². The van der Waals surface area contributed by atoms with E-state index in [4.69, 9.17) is 5.11 Å². The lowest BCUT2D eigenvalue weighted by molar-refractivity contribution is -0.125. The molecule has 1 atom stereocenters. The van der Waals surface area contributed by atoms with E-state index in [1.54, 1.807) is 13.2 Å². The van der Waals surface area contributed by atoms with E-state index in [9.17, 15) is 14.4 Å². The van der Waals surface area contributed by atoms with Crippen molar-refractivity contribution < 1.29 is 19.5 Å². The van der Waals surface area contributed by atoms with Gasteiger partial charge >= 0.3 is 6.03 Å². The van der Waals surface area contributed by atoms with Crippen LogP contribution in [0.15, 0.2) is 24.3 Å². The van der Waals surface area contributed by atoms with Gasteiger partial charge in [-0.05, 0) is 24.6 Å². The van der Waals surface area contributed by atoms with E-state index in [-0.39, 0.29) is 12.3 Å². The van der Waals surface area contributed by atoms with E-state index in [2.05, 4.69) is 5.32 Å². The van der Waals surface area contributed by atoms with Gasteiger partial charge in [-0.2, -0.15) is 0 Å². The van der Waals surface area contributed by atoms with Crippen molar-refractivity contribution in [1.82, 2.24) is 10.2 Å². The first-order valence-electron chi connectivity index (χ1n) is 5.74. The molecule has 6 heteroatoms. The highest BCUT2D eigenvalue weighted by Gasteiger charge is 2.20. The fourth-order valence-corrected chi connectivity index (χ4v) is 1.56. The summed E-state index contributed by atoms with van der Waals surface area (Å²) in [6.07, 6.45) is 1.69. The highest BCUT2D eigenvalue weighted by Crippen LogP contribution is 2.15. The maximum absolute atomic E-state index is 11.8. The van der Waals surface area contributed by atoms with Gasteiger partial charge < -0.3 is 10.4 Å². The molecule has 0 saturated carbocycles.